The maximum atomic E-state index is 11.7. The topological polar surface area (TPSA) is 58.9 Å². The number of nitrogens with two attached hydrogens (primary N) is 1. The second kappa shape index (κ2) is 4.85. The molecule has 100 valence electrons. The predicted octanol–water partition coefficient (Wildman–Crippen LogP) is 4.24. The lowest BCUT2D eigenvalue weighted by molar-refractivity contribution is 0.0997. The number of primary amides is 1. The van der Waals surface area contributed by atoms with Gasteiger partial charge in [-0.05, 0) is 24.3 Å². The first kappa shape index (κ1) is 13.0. The number of carbonyl (C=O) groups is 1. The van der Waals surface area contributed by atoms with Crippen molar-refractivity contribution in [2.75, 3.05) is 0 Å². The average Bonchev–Trinajstić information content (AvgIpc) is 2.78. The fraction of sp³-hybridized carbons (Fsp3) is 0. The van der Waals surface area contributed by atoms with Crippen LogP contribution in [0.25, 0.3) is 22.0 Å². The van der Waals surface area contributed by atoms with E-state index in [-0.39, 0.29) is 0 Å². The molecule has 3 aromatic rings. The fourth-order valence-electron chi connectivity index (χ4n) is 2.29. The molecule has 5 heteroatoms. The maximum Gasteiger partial charge on any atom is 0.265 e. The summed E-state index contributed by atoms with van der Waals surface area (Å²) < 4.78 is 0. The quantitative estimate of drug-likeness (QED) is 0.731. The molecule has 0 saturated heterocycles. The summed E-state index contributed by atoms with van der Waals surface area (Å²) in [7, 11) is 0. The Labute approximate surface area is 125 Å². The van der Waals surface area contributed by atoms with E-state index >= 15 is 0 Å². The molecule has 0 aliphatic carbocycles. The second-order valence-corrected chi connectivity index (χ2v) is 5.25. The van der Waals surface area contributed by atoms with Gasteiger partial charge in [0.15, 0.2) is 0 Å². The Hall–Kier alpha value is -1.97. The molecule has 3 nitrogen and oxygen atoms in total. The number of carbonyl (C=O) groups excluding carboxylic acids is 1. The SMILES string of the molecule is NC(=O)c1[nH]c2ccc(Cl)cc2c1-c1ccccc1Cl. The van der Waals surface area contributed by atoms with Gasteiger partial charge in [-0.15, -0.1) is 0 Å². The van der Waals surface area contributed by atoms with Gasteiger partial charge in [0.25, 0.3) is 5.91 Å². The molecule has 0 saturated carbocycles. The number of aromatic amines is 1. The van der Waals surface area contributed by atoms with Crippen molar-refractivity contribution in [3.63, 3.8) is 0 Å². The summed E-state index contributed by atoms with van der Waals surface area (Å²) in [6.07, 6.45) is 0. The molecule has 0 radical (unpaired) electrons. The van der Waals surface area contributed by atoms with Crippen LogP contribution in [-0.2, 0) is 0 Å². The molecule has 1 heterocycles. The lowest BCUT2D eigenvalue weighted by Crippen LogP contribution is -2.12. The largest absolute Gasteiger partial charge is 0.364 e. The van der Waals surface area contributed by atoms with Crippen LogP contribution in [0, 0.1) is 0 Å². The lowest BCUT2D eigenvalue weighted by atomic mass is 10.0. The summed E-state index contributed by atoms with van der Waals surface area (Å²) in [5, 5.41) is 1.95. The Balaban J connectivity index is 2.43. The van der Waals surface area contributed by atoms with Crippen LogP contribution in [-0.4, -0.2) is 10.9 Å². The van der Waals surface area contributed by atoms with Crippen molar-refractivity contribution in [1.29, 1.82) is 0 Å². The molecule has 3 rings (SSSR count). The fourth-order valence-corrected chi connectivity index (χ4v) is 2.69. The first-order valence-corrected chi connectivity index (χ1v) is 6.69. The number of hydrogen-bond donors (Lipinski definition) is 2. The molecule has 3 N–H and O–H groups in total. The molecule has 0 spiro atoms. The van der Waals surface area contributed by atoms with E-state index in [0.717, 1.165) is 16.5 Å². The van der Waals surface area contributed by atoms with E-state index in [0.29, 0.717) is 21.3 Å². The van der Waals surface area contributed by atoms with Crippen LogP contribution in [0.3, 0.4) is 0 Å². The summed E-state index contributed by atoms with van der Waals surface area (Å²) >= 11 is 12.3. The number of hydrogen-bond acceptors (Lipinski definition) is 1. The number of fused-ring (bicyclic) bond motifs is 1. The Kier molecular flexibility index (Phi) is 3.16. The molecule has 0 fully saturated rings. The van der Waals surface area contributed by atoms with Gasteiger partial charge in [-0.3, -0.25) is 4.79 Å². The molecule has 0 bridgehead atoms. The first-order valence-electron chi connectivity index (χ1n) is 5.94. The number of halogens is 2. The average molecular weight is 305 g/mol. The maximum absolute atomic E-state index is 11.7. The van der Waals surface area contributed by atoms with Gasteiger partial charge in [0, 0.05) is 32.1 Å². The molecule has 0 aliphatic heterocycles. The molecule has 1 aromatic heterocycles. The first-order chi connectivity index (χ1) is 9.58. The summed E-state index contributed by atoms with van der Waals surface area (Å²) in [6.45, 7) is 0. The van der Waals surface area contributed by atoms with Gasteiger partial charge in [-0.2, -0.15) is 0 Å². The molecule has 0 unspecified atom stereocenters. The Bertz CT molecular complexity index is 824. The molecule has 0 atom stereocenters. The number of rotatable bonds is 2. The van der Waals surface area contributed by atoms with E-state index in [1.165, 1.54) is 0 Å². The number of nitrogens with one attached hydrogen (secondary N) is 1. The second-order valence-electron chi connectivity index (χ2n) is 4.41. The monoisotopic (exact) mass is 304 g/mol. The van der Waals surface area contributed by atoms with Crippen molar-refractivity contribution in [2.45, 2.75) is 0 Å². The van der Waals surface area contributed by atoms with E-state index < -0.39 is 5.91 Å². The minimum atomic E-state index is -0.535. The third-order valence-electron chi connectivity index (χ3n) is 3.15. The van der Waals surface area contributed by atoms with Gasteiger partial charge in [0.05, 0.1) is 0 Å². The molecular weight excluding hydrogens is 295 g/mol. The van der Waals surface area contributed by atoms with E-state index in [1.54, 1.807) is 18.2 Å². The highest BCUT2D eigenvalue weighted by atomic mass is 35.5. The highest BCUT2D eigenvalue weighted by Gasteiger charge is 2.19. The van der Waals surface area contributed by atoms with Crippen LogP contribution in [0.15, 0.2) is 42.5 Å². The van der Waals surface area contributed by atoms with Gasteiger partial charge < -0.3 is 10.7 Å². The van der Waals surface area contributed by atoms with Crippen molar-refractivity contribution in [3.05, 3.63) is 58.2 Å². The van der Waals surface area contributed by atoms with Crippen molar-refractivity contribution < 1.29 is 4.79 Å². The van der Waals surface area contributed by atoms with Crippen molar-refractivity contribution in [2.24, 2.45) is 5.73 Å². The third-order valence-corrected chi connectivity index (χ3v) is 3.71. The number of aromatic nitrogens is 1. The van der Waals surface area contributed by atoms with Gasteiger partial charge in [-0.25, -0.2) is 0 Å². The highest BCUT2D eigenvalue weighted by molar-refractivity contribution is 6.34. The van der Waals surface area contributed by atoms with Gasteiger partial charge in [-0.1, -0.05) is 41.4 Å². The van der Waals surface area contributed by atoms with Crippen molar-refractivity contribution in [1.82, 2.24) is 4.98 Å². The normalized spacial score (nSPS) is 10.9. The summed E-state index contributed by atoms with van der Waals surface area (Å²) in [4.78, 5) is 14.7. The van der Waals surface area contributed by atoms with Gasteiger partial charge in [0.1, 0.15) is 5.69 Å². The zero-order chi connectivity index (χ0) is 14.3. The van der Waals surface area contributed by atoms with Crippen molar-refractivity contribution in [3.8, 4) is 11.1 Å². The molecular formula is C15H10Cl2N2O. The van der Waals surface area contributed by atoms with Gasteiger partial charge in [0.2, 0.25) is 0 Å². The van der Waals surface area contributed by atoms with E-state index in [9.17, 15) is 4.79 Å². The minimum Gasteiger partial charge on any atom is -0.364 e. The van der Waals surface area contributed by atoms with E-state index in [1.807, 2.05) is 24.3 Å². The Morgan fingerprint density at radius 2 is 1.85 bits per heavy atom. The van der Waals surface area contributed by atoms with E-state index in [4.69, 9.17) is 28.9 Å². The van der Waals surface area contributed by atoms with Crippen LogP contribution >= 0.6 is 23.2 Å². The number of benzene rings is 2. The summed E-state index contributed by atoms with van der Waals surface area (Å²) in [5.41, 5.74) is 8.00. The molecule has 20 heavy (non-hydrogen) atoms. The lowest BCUT2D eigenvalue weighted by Gasteiger charge is -2.05. The van der Waals surface area contributed by atoms with Crippen LogP contribution < -0.4 is 5.73 Å². The third kappa shape index (κ3) is 2.05. The predicted molar refractivity (Wildman–Crippen MR) is 82.3 cm³/mol. The number of H-pyrrole nitrogens is 1. The Morgan fingerprint density at radius 3 is 2.55 bits per heavy atom. The van der Waals surface area contributed by atoms with E-state index in [2.05, 4.69) is 4.98 Å². The highest BCUT2D eigenvalue weighted by Crippen LogP contribution is 2.37. The van der Waals surface area contributed by atoms with Crippen LogP contribution in [0.4, 0.5) is 0 Å². The van der Waals surface area contributed by atoms with Crippen LogP contribution in [0.5, 0.6) is 0 Å². The zero-order valence-electron chi connectivity index (χ0n) is 10.3. The Morgan fingerprint density at radius 1 is 1.10 bits per heavy atom. The molecule has 0 aliphatic rings. The van der Waals surface area contributed by atoms with Crippen LogP contribution in [0.1, 0.15) is 10.5 Å². The zero-order valence-corrected chi connectivity index (χ0v) is 11.8. The van der Waals surface area contributed by atoms with Crippen molar-refractivity contribution >= 4 is 40.0 Å². The number of amides is 1. The minimum absolute atomic E-state index is 0.329. The summed E-state index contributed by atoms with van der Waals surface area (Å²) in [6, 6.07) is 12.7. The standard InChI is InChI=1S/C15H10Cl2N2O/c16-8-5-6-12-10(7-8)13(14(19-12)15(18)20)9-3-1-2-4-11(9)17/h1-7,19H,(H2,18,20). The smallest absolute Gasteiger partial charge is 0.265 e. The molecule has 1 amide bonds. The van der Waals surface area contributed by atoms with Crippen LogP contribution in [0.2, 0.25) is 10.0 Å². The molecule has 2 aromatic carbocycles. The van der Waals surface area contributed by atoms with Gasteiger partial charge >= 0.3 is 0 Å². The summed E-state index contributed by atoms with van der Waals surface area (Å²) in [5.74, 6) is -0.535.